The van der Waals surface area contributed by atoms with E-state index in [1.807, 2.05) is 43.0 Å². The number of amides is 1. The first-order valence-corrected chi connectivity index (χ1v) is 10.3. The number of para-hydroxylation sites is 1. The van der Waals surface area contributed by atoms with Gasteiger partial charge in [0.05, 0.1) is 16.8 Å². The van der Waals surface area contributed by atoms with Crippen LogP contribution in [0.4, 0.5) is 0 Å². The number of aryl methyl sites for hydroxylation is 2. The summed E-state index contributed by atoms with van der Waals surface area (Å²) in [5.74, 6) is 1.43. The molecular formula is C22H29N3O3. The van der Waals surface area contributed by atoms with Crippen molar-refractivity contribution < 1.29 is 14.1 Å². The fourth-order valence-corrected chi connectivity index (χ4v) is 4.36. The normalized spacial score (nSPS) is 18.6. The van der Waals surface area contributed by atoms with E-state index in [4.69, 9.17) is 9.26 Å². The summed E-state index contributed by atoms with van der Waals surface area (Å²) in [6.07, 6.45) is 5.32. The van der Waals surface area contributed by atoms with Crippen LogP contribution in [0.1, 0.15) is 53.1 Å². The van der Waals surface area contributed by atoms with Crippen LogP contribution >= 0.6 is 0 Å². The predicted octanol–water partition coefficient (Wildman–Crippen LogP) is 3.57. The molecule has 1 aromatic carbocycles. The lowest BCUT2D eigenvalue weighted by Gasteiger charge is -2.38. The topological polar surface area (TPSA) is 58.8 Å². The van der Waals surface area contributed by atoms with E-state index in [-0.39, 0.29) is 5.91 Å². The fourth-order valence-electron chi connectivity index (χ4n) is 4.36. The molecular weight excluding hydrogens is 354 g/mol. The van der Waals surface area contributed by atoms with Gasteiger partial charge in [-0.1, -0.05) is 30.1 Å². The molecule has 1 aliphatic heterocycles. The molecule has 6 heteroatoms. The first-order valence-electron chi connectivity index (χ1n) is 10.3. The van der Waals surface area contributed by atoms with Crippen LogP contribution in [0, 0.1) is 13.8 Å². The minimum atomic E-state index is 0.0560. The van der Waals surface area contributed by atoms with E-state index in [0.717, 1.165) is 49.2 Å². The molecule has 0 atom stereocenters. The van der Waals surface area contributed by atoms with Gasteiger partial charge < -0.3 is 14.2 Å². The molecule has 0 unspecified atom stereocenters. The Bertz CT molecular complexity index is 799. The summed E-state index contributed by atoms with van der Waals surface area (Å²) < 4.78 is 11.2. The second-order valence-electron chi connectivity index (χ2n) is 7.85. The molecule has 0 bridgehead atoms. The summed E-state index contributed by atoms with van der Waals surface area (Å²) in [4.78, 5) is 17.7. The lowest BCUT2D eigenvalue weighted by molar-refractivity contribution is 0.0569. The van der Waals surface area contributed by atoms with Gasteiger partial charge in [0, 0.05) is 32.2 Å². The Kier molecular flexibility index (Phi) is 5.67. The maximum Gasteiger partial charge on any atom is 0.257 e. The zero-order valence-electron chi connectivity index (χ0n) is 16.8. The summed E-state index contributed by atoms with van der Waals surface area (Å²) in [7, 11) is 0. The minimum Gasteiger partial charge on any atom is -0.488 e. The van der Waals surface area contributed by atoms with Crippen LogP contribution in [0.2, 0.25) is 0 Å². The first kappa shape index (κ1) is 19.0. The van der Waals surface area contributed by atoms with Gasteiger partial charge in [0.15, 0.2) is 0 Å². The Morgan fingerprint density at radius 2 is 1.86 bits per heavy atom. The van der Waals surface area contributed by atoms with Gasteiger partial charge in [-0.05, 0) is 38.8 Å². The van der Waals surface area contributed by atoms with Crippen LogP contribution < -0.4 is 4.74 Å². The van der Waals surface area contributed by atoms with E-state index in [9.17, 15) is 4.79 Å². The third kappa shape index (κ3) is 3.92. The lowest BCUT2D eigenvalue weighted by Crippen LogP contribution is -2.51. The third-order valence-corrected chi connectivity index (χ3v) is 6.11. The number of hydrogen-bond donors (Lipinski definition) is 0. The molecule has 0 radical (unpaired) electrons. The summed E-state index contributed by atoms with van der Waals surface area (Å²) in [6.45, 7) is 7.63. The van der Waals surface area contributed by atoms with Gasteiger partial charge in [-0.25, -0.2) is 0 Å². The number of ether oxygens (including phenoxy) is 1. The highest BCUT2D eigenvalue weighted by molar-refractivity contribution is 5.97. The minimum absolute atomic E-state index is 0.0560. The molecule has 2 fully saturated rings. The molecule has 1 saturated carbocycles. The zero-order valence-corrected chi connectivity index (χ0v) is 16.8. The molecule has 2 heterocycles. The summed E-state index contributed by atoms with van der Waals surface area (Å²) in [6, 6.07) is 8.24. The number of carbonyl (C=O) groups excluding carboxylic acids is 1. The molecule has 6 nitrogen and oxygen atoms in total. The summed E-state index contributed by atoms with van der Waals surface area (Å²) in [5, 5.41) is 3.96. The Morgan fingerprint density at radius 1 is 1.14 bits per heavy atom. The SMILES string of the molecule is Cc1noc(C)c1COc1ccccc1C(=O)N1CCN(C2CCCC2)CC1. The molecule has 150 valence electrons. The number of piperazine rings is 1. The summed E-state index contributed by atoms with van der Waals surface area (Å²) in [5.41, 5.74) is 2.39. The van der Waals surface area contributed by atoms with Gasteiger partial charge in [-0.2, -0.15) is 0 Å². The van der Waals surface area contributed by atoms with Gasteiger partial charge in [0.25, 0.3) is 5.91 Å². The molecule has 1 aromatic heterocycles. The second-order valence-corrected chi connectivity index (χ2v) is 7.85. The largest absolute Gasteiger partial charge is 0.488 e. The van der Waals surface area contributed by atoms with Gasteiger partial charge in [0.2, 0.25) is 0 Å². The van der Waals surface area contributed by atoms with Crippen LogP contribution in [0.25, 0.3) is 0 Å². The van der Waals surface area contributed by atoms with Crippen LogP contribution in [-0.2, 0) is 6.61 Å². The fraction of sp³-hybridized carbons (Fsp3) is 0.545. The number of rotatable bonds is 5. The van der Waals surface area contributed by atoms with Crippen molar-refractivity contribution in [1.82, 2.24) is 15.0 Å². The van der Waals surface area contributed by atoms with Crippen molar-refractivity contribution >= 4 is 5.91 Å². The standard InChI is InChI=1S/C22H29N3O3/c1-16-20(17(2)28-23-16)15-27-21-10-6-5-9-19(21)22(26)25-13-11-24(12-14-25)18-7-3-4-8-18/h5-6,9-10,18H,3-4,7-8,11-15H2,1-2H3. The molecule has 1 saturated heterocycles. The van der Waals surface area contributed by atoms with E-state index in [0.29, 0.717) is 17.9 Å². The predicted molar refractivity (Wildman–Crippen MR) is 106 cm³/mol. The molecule has 2 aromatic rings. The number of nitrogens with zero attached hydrogens (tertiary/aromatic N) is 3. The van der Waals surface area contributed by atoms with Gasteiger partial charge in [-0.3, -0.25) is 9.69 Å². The Morgan fingerprint density at radius 3 is 2.54 bits per heavy atom. The van der Waals surface area contributed by atoms with Gasteiger partial charge in [0.1, 0.15) is 18.1 Å². The van der Waals surface area contributed by atoms with Crippen molar-refractivity contribution in [3.63, 3.8) is 0 Å². The Balaban J connectivity index is 1.41. The maximum atomic E-state index is 13.1. The van der Waals surface area contributed by atoms with Crippen LogP contribution in [0.15, 0.2) is 28.8 Å². The van der Waals surface area contributed by atoms with Crippen molar-refractivity contribution in [2.75, 3.05) is 26.2 Å². The Labute approximate surface area is 166 Å². The smallest absolute Gasteiger partial charge is 0.257 e. The molecule has 1 amide bonds. The Hall–Kier alpha value is -2.34. The number of carbonyl (C=O) groups is 1. The number of aromatic nitrogens is 1. The number of benzene rings is 1. The average molecular weight is 383 g/mol. The van der Waals surface area contributed by atoms with Crippen molar-refractivity contribution in [1.29, 1.82) is 0 Å². The molecule has 4 rings (SSSR count). The van der Waals surface area contributed by atoms with E-state index in [2.05, 4.69) is 10.1 Å². The highest BCUT2D eigenvalue weighted by Crippen LogP contribution is 2.26. The monoisotopic (exact) mass is 383 g/mol. The average Bonchev–Trinajstić information content (AvgIpc) is 3.37. The molecule has 0 N–H and O–H groups in total. The quantitative estimate of drug-likeness (QED) is 0.790. The summed E-state index contributed by atoms with van der Waals surface area (Å²) >= 11 is 0. The van der Waals surface area contributed by atoms with E-state index >= 15 is 0 Å². The molecule has 0 spiro atoms. The van der Waals surface area contributed by atoms with Crippen LogP contribution in [-0.4, -0.2) is 53.1 Å². The second kappa shape index (κ2) is 8.35. The van der Waals surface area contributed by atoms with Crippen molar-refractivity contribution in [2.45, 2.75) is 52.2 Å². The third-order valence-electron chi connectivity index (χ3n) is 6.11. The van der Waals surface area contributed by atoms with Crippen molar-refractivity contribution in [3.05, 3.63) is 46.8 Å². The lowest BCUT2D eigenvalue weighted by atomic mass is 10.1. The maximum absolute atomic E-state index is 13.1. The van der Waals surface area contributed by atoms with Gasteiger partial charge in [-0.15, -0.1) is 0 Å². The van der Waals surface area contributed by atoms with E-state index < -0.39 is 0 Å². The zero-order chi connectivity index (χ0) is 19.5. The van der Waals surface area contributed by atoms with E-state index in [1.165, 1.54) is 25.7 Å². The van der Waals surface area contributed by atoms with Crippen molar-refractivity contribution in [3.8, 4) is 5.75 Å². The molecule has 2 aliphatic rings. The van der Waals surface area contributed by atoms with Gasteiger partial charge >= 0.3 is 0 Å². The molecule has 28 heavy (non-hydrogen) atoms. The van der Waals surface area contributed by atoms with Crippen LogP contribution in [0.3, 0.4) is 0 Å². The molecule has 1 aliphatic carbocycles. The van der Waals surface area contributed by atoms with Crippen LogP contribution in [0.5, 0.6) is 5.75 Å². The van der Waals surface area contributed by atoms with Crippen molar-refractivity contribution in [2.24, 2.45) is 0 Å². The number of hydrogen-bond acceptors (Lipinski definition) is 5. The first-order chi connectivity index (χ1) is 13.6. The highest BCUT2D eigenvalue weighted by atomic mass is 16.5. The van der Waals surface area contributed by atoms with E-state index in [1.54, 1.807) is 0 Å². The highest BCUT2D eigenvalue weighted by Gasteiger charge is 2.29.